The van der Waals surface area contributed by atoms with Gasteiger partial charge in [0.15, 0.2) is 5.69 Å². The van der Waals surface area contributed by atoms with Crippen LogP contribution in [-0.2, 0) is 14.3 Å². The predicted octanol–water partition coefficient (Wildman–Crippen LogP) is 4.76. The number of ether oxygens (including phenoxy) is 3. The van der Waals surface area contributed by atoms with Gasteiger partial charge >= 0.3 is 5.97 Å². The van der Waals surface area contributed by atoms with Gasteiger partial charge in [-0.2, -0.15) is 0 Å². The number of carbonyl (C=O) groups excluding carboxylic acids is 1. The van der Waals surface area contributed by atoms with Gasteiger partial charge in [0.25, 0.3) is 0 Å². The summed E-state index contributed by atoms with van der Waals surface area (Å²) in [7, 11) is 0. The molecule has 0 amide bonds. The van der Waals surface area contributed by atoms with Gasteiger partial charge in [-0.1, -0.05) is 29.3 Å². The molecule has 7 atom stereocenters. The Balaban J connectivity index is 1.52. The number of benzene rings is 1. The smallest absolute Gasteiger partial charge is 0.358 e. The number of esters is 1. The van der Waals surface area contributed by atoms with E-state index in [9.17, 15) is 25.2 Å². The van der Waals surface area contributed by atoms with E-state index in [0.29, 0.717) is 37.3 Å². The summed E-state index contributed by atoms with van der Waals surface area (Å²) in [6, 6.07) is 3.94. The number of fused-ring (bicyclic) bond motifs is 2. The SMILES string of the molecule is CC(C)(C)OC(=O)c1cnnn1C1CC(=NOC2CCCCO2)C2=CC(CCCCO)C(CCCCO)C3c4cc(O)ccc4OC1(O)C23. The molecule has 0 spiro atoms. The second-order valence-electron chi connectivity index (χ2n) is 14.7. The van der Waals surface area contributed by atoms with Crippen LogP contribution in [0, 0.1) is 17.8 Å². The number of carbonyl (C=O) groups is 1. The third-order valence-corrected chi connectivity index (χ3v) is 10.2. The molecule has 49 heavy (non-hydrogen) atoms. The number of aromatic hydroxyl groups is 1. The second kappa shape index (κ2) is 14.8. The highest BCUT2D eigenvalue weighted by molar-refractivity contribution is 6.02. The number of phenolic OH excluding ortho intramolecular Hbond substituents is 1. The van der Waals surface area contributed by atoms with Crippen LogP contribution in [0.4, 0.5) is 0 Å². The van der Waals surface area contributed by atoms with Crippen LogP contribution in [0.1, 0.15) is 113 Å². The Bertz CT molecular complexity index is 1530. The molecule has 0 radical (unpaired) electrons. The maximum atomic E-state index is 13.5. The fourth-order valence-corrected chi connectivity index (χ4v) is 8.08. The van der Waals surface area contributed by atoms with E-state index in [1.807, 2.05) is 0 Å². The molecule has 2 aromatic rings. The molecule has 3 heterocycles. The fraction of sp³-hybridized carbons (Fsp3) is 0.667. The molecule has 7 unspecified atom stereocenters. The number of aliphatic hydroxyl groups is 3. The largest absolute Gasteiger partial charge is 0.508 e. The number of hydrogen-bond acceptors (Lipinski definition) is 12. The van der Waals surface area contributed by atoms with Crippen molar-refractivity contribution in [3.63, 3.8) is 0 Å². The second-order valence-corrected chi connectivity index (χ2v) is 14.7. The minimum Gasteiger partial charge on any atom is -0.508 e. The van der Waals surface area contributed by atoms with Gasteiger partial charge in [0.2, 0.25) is 12.1 Å². The number of aromatic nitrogens is 3. The Morgan fingerprint density at radius 3 is 2.61 bits per heavy atom. The van der Waals surface area contributed by atoms with Crippen molar-refractivity contribution in [2.75, 3.05) is 19.8 Å². The van der Waals surface area contributed by atoms with Crippen molar-refractivity contribution >= 4 is 11.7 Å². The molecule has 1 aromatic carbocycles. The molecule has 268 valence electrons. The van der Waals surface area contributed by atoms with Gasteiger partial charge in [-0.3, -0.25) is 0 Å². The van der Waals surface area contributed by atoms with Gasteiger partial charge in [-0.15, -0.1) is 5.10 Å². The Morgan fingerprint density at radius 1 is 1.12 bits per heavy atom. The van der Waals surface area contributed by atoms with Crippen molar-refractivity contribution < 1.29 is 44.3 Å². The predicted molar refractivity (Wildman–Crippen MR) is 178 cm³/mol. The molecule has 1 aromatic heterocycles. The minimum absolute atomic E-state index is 0.0152. The van der Waals surface area contributed by atoms with E-state index in [2.05, 4.69) is 16.4 Å². The first-order valence-electron chi connectivity index (χ1n) is 17.7. The number of hydrogen-bond donors (Lipinski definition) is 4. The van der Waals surface area contributed by atoms with Crippen molar-refractivity contribution in [1.82, 2.24) is 15.0 Å². The molecule has 4 aliphatic rings. The van der Waals surface area contributed by atoms with Gasteiger partial charge in [0, 0.05) is 37.5 Å². The highest BCUT2D eigenvalue weighted by Gasteiger charge is 2.63. The molecular weight excluding hydrogens is 632 g/mol. The number of phenols is 1. The summed E-state index contributed by atoms with van der Waals surface area (Å²) >= 11 is 0. The highest BCUT2D eigenvalue weighted by atomic mass is 16.8. The first-order valence-corrected chi connectivity index (χ1v) is 17.7. The van der Waals surface area contributed by atoms with E-state index in [1.165, 1.54) is 16.9 Å². The zero-order valence-electron chi connectivity index (χ0n) is 28.7. The topological polar surface area (TPSA) is 178 Å². The van der Waals surface area contributed by atoms with Gasteiger partial charge in [-0.05, 0) is 94.9 Å². The zero-order valence-corrected chi connectivity index (χ0v) is 28.7. The average Bonchev–Trinajstić information content (AvgIpc) is 3.55. The summed E-state index contributed by atoms with van der Waals surface area (Å²) < 4.78 is 19.5. The van der Waals surface area contributed by atoms with Crippen LogP contribution in [0.5, 0.6) is 11.5 Å². The molecule has 2 aliphatic heterocycles. The van der Waals surface area contributed by atoms with Crippen LogP contribution >= 0.6 is 0 Å². The lowest BCUT2D eigenvalue weighted by Gasteiger charge is -2.56. The molecule has 2 aliphatic carbocycles. The van der Waals surface area contributed by atoms with E-state index in [0.717, 1.165) is 49.7 Å². The normalized spacial score (nSPS) is 30.2. The summed E-state index contributed by atoms with van der Waals surface area (Å²) in [5.41, 5.74) is 1.40. The van der Waals surface area contributed by atoms with Crippen molar-refractivity contribution in [2.45, 2.75) is 115 Å². The number of allylic oxidation sites excluding steroid dienone is 1. The van der Waals surface area contributed by atoms with E-state index < -0.39 is 35.6 Å². The quantitative estimate of drug-likeness (QED) is 0.138. The molecule has 13 heteroatoms. The standard InChI is InChI=1S/C36H50N4O9/c1-35(2,3)48-34(44)28-21-37-39-40(28)30-20-27(38-49-31-12-6-9-17-46-31)25-18-22(10-4-7-15-41)24(11-5-8-16-42)32-26-19-23(43)13-14-29(26)47-36(30,45)33(25)32/h13-14,18-19,21-22,24,30-33,41-43,45H,4-12,15-17,20H2,1-3H3. The first kappa shape index (κ1) is 35.3. The number of rotatable bonds is 12. The third-order valence-electron chi connectivity index (χ3n) is 10.2. The zero-order chi connectivity index (χ0) is 34.8. The van der Waals surface area contributed by atoms with Gasteiger partial charge < -0.3 is 39.5 Å². The fourth-order valence-electron chi connectivity index (χ4n) is 8.08. The Kier molecular flexibility index (Phi) is 10.6. The Labute approximate surface area is 286 Å². The highest BCUT2D eigenvalue weighted by Crippen LogP contribution is 2.62. The number of unbranched alkanes of at least 4 members (excludes halogenated alkanes) is 2. The van der Waals surface area contributed by atoms with E-state index in [1.54, 1.807) is 32.9 Å². The van der Waals surface area contributed by atoms with Crippen LogP contribution in [-0.4, -0.2) is 84.6 Å². The third kappa shape index (κ3) is 7.35. The van der Waals surface area contributed by atoms with E-state index >= 15 is 0 Å². The minimum atomic E-state index is -1.92. The average molecular weight is 683 g/mol. The van der Waals surface area contributed by atoms with Crippen LogP contribution < -0.4 is 4.74 Å². The summed E-state index contributed by atoms with van der Waals surface area (Å²) in [4.78, 5) is 19.5. The van der Waals surface area contributed by atoms with E-state index in [-0.39, 0.29) is 48.8 Å². The maximum Gasteiger partial charge on any atom is 0.358 e. The number of nitrogens with zero attached hydrogens (tertiary/aromatic N) is 4. The number of aliphatic hydroxyl groups excluding tert-OH is 2. The molecule has 6 rings (SSSR count). The van der Waals surface area contributed by atoms with Crippen molar-refractivity contribution in [3.05, 3.63) is 47.3 Å². The molecule has 2 fully saturated rings. The van der Waals surface area contributed by atoms with Crippen molar-refractivity contribution in [1.29, 1.82) is 0 Å². The molecule has 1 saturated heterocycles. The lowest BCUT2D eigenvalue weighted by atomic mass is 9.55. The summed E-state index contributed by atoms with van der Waals surface area (Å²) in [6.07, 6.45) is 10.1. The van der Waals surface area contributed by atoms with Gasteiger partial charge in [0.1, 0.15) is 23.1 Å². The summed E-state index contributed by atoms with van der Waals surface area (Å²) in [5, 5.41) is 56.2. The molecule has 1 saturated carbocycles. The van der Waals surface area contributed by atoms with Crippen molar-refractivity contribution in [2.24, 2.45) is 22.9 Å². The molecule has 0 bridgehead atoms. The lowest BCUT2D eigenvalue weighted by Crippen LogP contribution is -2.62. The van der Waals surface area contributed by atoms with Crippen LogP contribution in [0.15, 0.2) is 41.2 Å². The van der Waals surface area contributed by atoms with Gasteiger partial charge in [-0.25, -0.2) is 9.48 Å². The van der Waals surface area contributed by atoms with Gasteiger partial charge in [0.05, 0.1) is 24.4 Å². The molecule has 4 N–H and O–H groups in total. The monoisotopic (exact) mass is 682 g/mol. The molecule has 13 nitrogen and oxygen atoms in total. The van der Waals surface area contributed by atoms with Crippen LogP contribution in [0.2, 0.25) is 0 Å². The van der Waals surface area contributed by atoms with Crippen LogP contribution in [0.3, 0.4) is 0 Å². The van der Waals surface area contributed by atoms with Crippen molar-refractivity contribution in [3.8, 4) is 11.5 Å². The summed E-state index contributed by atoms with van der Waals surface area (Å²) in [5.74, 6) is -3.06. The number of oxime groups is 1. The Morgan fingerprint density at radius 2 is 1.90 bits per heavy atom. The maximum absolute atomic E-state index is 13.5. The van der Waals surface area contributed by atoms with Crippen LogP contribution in [0.25, 0.3) is 0 Å². The molecular formula is C36H50N4O9. The first-order chi connectivity index (χ1) is 23.5. The lowest BCUT2D eigenvalue weighted by molar-refractivity contribution is -0.225. The summed E-state index contributed by atoms with van der Waals surface area (Å²) in [6.45, 7) is 6.07. The van der Waals surface area contributed by atoms with E-state index in [4.69, 9.17) is 24.2 Å². The Hall–Kier alpha value is -3.52.